The fourth-order valence-electron chi connectivity index (χ4n) is 4.44. The van der Waals surface area contributed by atoms with E-state index in [1.165, 1.54) is 11.1 Å². The van der Waals surface area contributed by atoms with E-state index in [9.17, 15) is 9.59 Å². The standard InChI is InChI=1S/C23H27N3O3/c1-29-21-9-5-4-8-18(21)15-25-22(27)14-20-23(28)24-10-11-26(20)19-12-16-6-2-3-7-17(16)13-19/h2-9,19-20H,10-15H2,1H3,(H,24,28)(H,25,27)/t20-/m1/s1. The number of carbonyl (C=O) groups is 2. The van der Waals surface area contributed by atoms with Crippen LogP contribution < -0.4 is 15.4 Å². The molecule has 6 nitrogen and oxygen atoms in total. The predicted molar refractivity (Wildman–Crippen MR) is 111 cm³/mol. The Morgan fingerprint density at radius 3 is 2.55 bits per heavy atom. The van der Waals surface area contributed by atoms with Crippen LogP contribution in [0.5, 0.6) is 5.75 Å². The normalized spacial score (nSPS) is 19.5. The third kappa shape index (κ3) is 4.27. The molecule has 2 aromatic carbocycles. The highest BCUT2D eigenvalue weighted by atomic mass is 16.5. The van der Waals surface area contributed by atoms with E-state index in [0.717, 1.165) is 30.7 Å². The van der Waals surface area contributed by atoms with E-state index >= 15 is 0 Å². The molecule has 0 unspecified atom stereocenters. The number of fused-ring (bicyclic) bond motifs is 1. The zero-order chi connectivity index (χ0) is 20.2. The zero-order valence-corrected chi connectivity index (χ0v) is 16.7. The molecule has 2 amide bonds. The number of ether oxygens (including phenoxy) is 1. The number of amides is 2. The molecule has 1 saturated heterocycles. The minimum Gasteiger partial charge on any atom is -0.496 e. The van der Waals surface area contributed by atoms with Gasteiger partial charge in [-0.2, -0.15) is 0 Å². The average Bonchev–Trinajstić information content (AvgIpc) is 3.18. The van der Waals surface area contributed by atoms with Crippen molar-refractivity contribution in [1.82, 2.24) is 15.5 Å². The van der Waals surface area contributed by atoms with E-state index in [1.807, 2.05) is 24.3 Å². The lowest BCUT2D eigenvalue weighted by Crippen LogP contribution is -2.59. The minimum atomic E-state index is -0.430. The Hall–Kier alpha value is -2.86. The van der Waals surface area contributed by atoms with Gasteiger partial charge in [-0.05, 0) is 30.0 Å². The first-order chi connectivity index (χ1) is 14.2. The summed E-state index contributed by atoms with van der Waals surface area (Å²) in [7, 11) is 1.62. The highest BCUT2D eigenvalue weighted by Gasteiger charge is 2.38. The van der Waals surface area contributed by atoms with Crippen molar-refractivity contribution in [2.45, 2.75) is 37.9 Å². The SMILES string of the molecule is COc1ccccc1CNC(=O)C[C@@H]1C(=O)NCCN1C1Cc2ccccc2C1. The lowest BCUT2D eigenvalue weighted by Gasteiger charge is -2.38. The molecule has 1 fully saturated rings. The van der Waals surface area contributed by atoms with Gasteiger partial charge in [0, 0.05) is 31.2 Å². The van der Waals surface area contributed by atoms with E-state index in [-0.39, 0.29) is 24.3 Å². The zero-order valence-electron chi connectivity index (χ0n) is 16.7. The lowest BCUT2D eigenvalue weighted by atomic mass is 10.0. The predicted octanol–water partition coefficient (Wildman–Crippen LogP) is 1.67. The molecule has 152 valence electrons. The molecular weight excluding hydrogens is 366 g/mol. The maximum atomic E-state index is 12.6. The highest BCUT2D eigenvalue weighted by molar-refractivity contribution is 5.88. The number of methoxy groups -OCH3 is 1. The van der Waals surface area contributed by atoms with Gasteiger partial charge in [0.25, 0.3) is 0 Å². The highest BCUT2D eigenvalue weighted by Crippen LogP contribution is 2.28. The van der Waals surface area contributed by atoms with Gasteiger partial charge in [0.05, 0.1) is 19.6 Å². The van der Waals surface area contributed by atoms with Crippen LogP contribution in [0, 0.1) is 0 Å². The molecule has 29 heavy (non-hydrogen) atoms. The molecule has 0 aromatic heterocycles. The van der Waals surface area contributed by atoms with Crippen molar-refractivity contribution in [3.05, 3.63) is 65.2 Å². The Kier molecular flexibility index (Phi) is 5.81. The van der Waals surface area contributed by atoms with Crippen molar-refractivity contribution in [3.8, 4) is 5.75 Å². The van der Waals surface area contributed by atoms with Crippen molar-refractivity contribution in [1.29, 1.82) is 0 Å². The topological polar surface area (TPSA) is 70.7 Å². The van der Waals surface area contributed by atoms with Crippen LogP contribution in [0.25, 0.3) is 0 Å². The number of carbonyl (C=O) groups excluding carboxylic acids is 2. The number of hydrogen-bond acceptors (Lipinski definition) is 4. The molecule has 1 heterocycles. The summed E-state index contributed by atoms with van der Waals surface area (Å²) in [5.74, 6) is 0.562. The fraction of sp³-hybridized carbons (Fsp3) is 0.391. The second-order valence-electron chi connectivity index (χ2n) is 7.67. The Morgan fingerprint density at radius 1 is 1.14 bits per heavy atom. The number of para-hydroxylation sites is 1. The number of nitrogens with zero attached hydrogens (tertiary/aromatic N) is 1. The minimum absolute atomic E-state index is 0.0559. The summed E-state index contributed by atoms with van der Waals surface area (Å²) in [6.45, 7) is 1.78. The van der Waals surface area contributed by atoms with Crippen LogP contribution in [0.1, 0.15) is 23.1 Å². The van der Waals surface area contributed by atoms with E-state index in [4.69, 9.17) is 4.74 Å². The lowest BCUT2D eigenvalue weighted by molar-refractivity contribution is -0.135. The van der Waals surface area contributed by atoms with Crippen LogP contribution >= 0.6 is 0 Å². The largest absolute Gasteiger partial charge is 0.496 e. The van der Waals surface area contributed by atoms with Crippen molar-refractivity contribution >= 4 is 11.8 Å². The molecule has 1 aliphatic carbocycles. The number of rotatable bonds is 6. The molecule has 0 radical (unpaired) electrons. The Morgan fingerprint density at radius 2 is 1.83 bits per heavy atom. The second-order valence-corrected chi connectivity index (χ2v) is 7.67. The molecule has 6 heteroatoms. The van der Waals surface area contributed by atoms with Crippen LogP contribution in [0.4, 0.5) is 0 Å². The van der Waals surface area contributed by atoms with Gasteiger partial charge < -0.3 is 15.4 Å². The molecular formula is C23H27N3O3. The molecule has 0 saturated carbocycles. The van der Waals surface area contributed by atoms with Gasteiger partial charge in [-0.15, -0.1) is 0 Å². The Balaban J connectivity index is 1.40. The van der Waals surface area contributed by atoms with E-state index in [2.05, 4.69) is 39.8 Å². The molecule has 0 spiro atoms. The summed E-state index contributed by atoms with van der Waals surface area (Å²) in [5, 5.41) is 5.87. The molecule has 1 aliphatic heterocycles. The van der Waals surface area contributed by atoms with Gasteiger partial charge >= 0.3 is 0 Å². The number of piperazine rings is 1. The van der Waals surface area contributed by atoms with E-state index in [0.29, 0.717) is 13.1 Å². The molecule has 4 rings (SSSR count). The van der Waals surface area contributed by atoms with Crippen molar-refractivity contribution in [2.24, 2.45) is 0 Å². The summed E-state index contributed by atoms with van der Waals surface area (Å²) >= 11 is 0. The van der Waals surface area contributed by atoms with Crippen molar-refractivity contribution in [2.75, 3.05) is 20.2 Å². The van der Waals surface area contributed by atoms with Gasteiger partial charge in [-0.25, -0.2) is 0 Å². The van der Waals surface area contributed by atoms with E-state index < -0.39 is 6.04 Å². The molecule has 2 N–H and O–H groups in total. The Bertz CT molecular complexity index is 873. The maximum Gasteiger partial charge on any atom is 0.237 e. The van der Waals surface area contributed by atoms with Crippen molar-refractivity contribution in [3.63, 3.8) is 0 Å². The summed E-state index contributed by atoms with van der Waals surface area (Å²) in [6.07, 6.45) is 2.03. The molecule has 2 aliphatic rings. The van der Waals surface area contributed by atoms with Crippen LogP contribution in [0.3, 0.4) is 0 Å². The number of benzene rings is 2. The molecule has 1 atom stereocenters. The van der Waals surface area contributed by atoms with Gasteiger partial charge in [-0.1, -0.05) is 42.5 Å². The summed E-state index contributed by atoms with van der Waals surface area (Å²) in [5.41, 5.74) is 3.62. The fourth-order valence-corrected chi connectivity index (χ4v) is 4.44. The quantitative estimate of drug-likeness (QED) is 0.783. The summed E-state index contributed by atoms with van der Waals surface area (Å²) < 4.78 is 5.34. The van der Waals surface area contributed by atoms with E-state index in [1.54, 1.807) is 7.11 Å². The summed E-state index contributed by atoms with van der Waals surface area (Å²) in [4.78, 5) is 27.5. The first kappa shape index (κ1) is 19.5. The molecule has 2 aromatic rings. The van der Waals surface area contributed by atoms with Crippen LogP contribution in [-0.4, -0.2) is 49.0 Å². The monoisotopic (exact) mass is 393 g/mol. The van der Waals surface area contributed by atoms with Crippen molar-refractivity contribution < 1.29 is 14.3 Å². The first-order valence-electron chi connectivity index (χ1n) is 10.1. The first-order valence-corrected chi connectivity index (χ1v) is 10.1. The number of hydrogen-bond donors (Lipinski definition) is 2. The smallest absolute Gasteiger partial charge is 0.237 e. The third-order valence-electron chi connectivity index (χ3n) is 5.92. The van der Waals surface area contributed by atoms with Crippen LogP contribution in [0.15, 0.2) is 48.5 Å². The average molecular weight is 393 g/mol. The molecule has 0 bridgehead atoms. The number of nitrogens with one attached hydrogen (secondary N) is 2. The van der Waals surface area contributed by atoms with Gasteiger partial charge in [0.1, 0.15) is 5.75 Å². The third-order valence-corrected chi connectivity index (χ3v) is 5.92. The second kappa shape index (κ2) is 8.66. The van der Waals surface area contributed by atoms with Gasteiger partial charge in [0.15, 0.2) is 0 Å². The van der Waals surface area contributed by atoms with Crippen LogP contribution in [-0.2, 0) is 29.0 Å². The summed E-state index contributed by atoms with van der Waals surface area (Å²) in [6, 6.07) is 15.9. The Labute approximate surface area is 171 Å². The van der Waals surface area contributed by atoms with Crippen LogP contribution in [0.2, 0.25) is 0 Å². The maximum absolute atomic E-state index is 12.6. The van der Waals surface area contributed by atoms with Gasteiger partial charge in [0.2, 0.25) is 11.8 Å². The van der Waals surface area contributed by atoms with Gasteiger partial charge in [-0.3, -0.25) is 14.5 Å².